The standard InChI is InChI=1S/C16H20BrNO3/c1-11(14(19)20)18(2)15(21)16(8-3-4-9-16)12-6-5-7-13(17)10-12/h5-7,10-11H,3-4,8-9H2,1-2H3,(H,19,20). The molecule has 5 heteroatoms. The molecule has 1 amide bonds. The number of amides is 1. The first kappa shape index (κ1) is 16.0. The van der Waals surface area contributed by atoms with Crippen molar-refractivity contribution in [3.63, 3.8) is 0 Å². The zero-order valence-corrected chi connectivity index (χ0v) is 13.9. The molecule has 0 aliphatic heterocycles. The molecule has 4 nitrogen and oxygen atoms in total. The second-order valence-electron chi connectivity index (χ2n) is 5.73. The Hall–Kier alpha value is -1.36. The molecule has 1 aliphatic carbocycles. The van der Waals surface area contributed by atoms with Gasteiger partial charge in [0.25, 0.3) is 0 Å². The van der Waals surface area contributed by atoms with Gasteiger partial charge >= 0.3 is 5.97 Å². The number of likely N-dealkylation sites (N-methyl/N-ethyl adjacent to an activating group) is 1. The fourth-order valence-electron chi connectivity index (χ4n) is 3.07. The van der Waals surface area contributed by atoms with E-state index in [4.69, 9.17) is 5.11 Å². The second kappa shape index (κ2) is 6.18. The molecule has 2 rings (SSSR count). The van der Waals surface area contributed by atoms with Gasteiger partial charge in [0.2, 0.25) is 5.91 Å². The van der Waals surface area contributed by atoms with Crippen molar-refractivity contribution >= 4 is 27.8 Å². The lowest BCUT2D eigenvalue weighted by Gasteiger charge is -2.34. The molecule has 1 fully saturated rings. The number of hydrogen-bond donors (Lipinski definition) is 1. The van der Waals surface area contributed by atoms with Gasteiger partial charge < -0.3 is 10.0 Å². The van der Waals surface area contributed by atoms with E-state index in [2.05, 4.69) is 15.9 Å². The number of halogens is 1. The Balaban J connectivity index is 2.39. The van der Waals surface area contributed by atoms with E-state index >= 15 is 0 Å². The number of carboxylic acids is 1. The van der Waals surface area contributed by atoms with Gasteiger partial charge in [0.15, 0.2) is 0 Å². The zero-order chi connectivity index (χ0) is 15.6. The van der Waals surface area contributed by atoms with Crippen LogP contribution in [0.15, 0.2) is 28.7 Å². The summed E-state index contributed by atoms with van der Waals surface area (Å²) < 4.78 is 0.938. The van der Waals surface area contributed by atoms with Crippen LogP contribution < -0.4 is 0 Å². The molecule has 1 saturated carbocycles. The van der Waals surface area contributed by atoms with Gasteiger partial charge in [-0.15, -0.1) is 0 Å². The van der Waals surface area contributed by atoms with Crippen LogP contribution in [-0.2, 0) is 15.0 Å². The summed E-state index contributed by atoms with van der Waals surface area (Å²) >= 11 is 3.45. The van der Waals surface area contributed by atoms with Gasteiger partial charge in [0, 0.05) is 11.5 Å². The minimum absolute atomic E-state index is 0.0898. The van der Waals surface area contributed by atoms with Crippen LogP contribution in [0.4, 0.5) is 0 Å². The highest BCUT2D eigenvalue weighted by Gasteiger charge is 2.45. The monoisotopic (exact) mass is 353 g/mol. The summed E-state index contributed by atoms with van der Waals surface area (Å²) in [6.45, 7) is 1.55. The highest BCUT2D eigenvalue weighted by atomic mass is 79.9. The third-order valence-electron chi connectivity index (χ3n) is 4.50. The van der Waals surface area contributed by atoms with Gasteiger partial charge in [-0.25, -0.2) is 4.79 Å². The highest BCUT2D eigenvalue weighted by Crippen LogP contribution is 2.43. The first-order valence-electron chi connectivity index (χ1n) is 7.14. The van der Waals surface area contributed by atoms with Crippen molar-refractivity contribution in [3.05, 3.63) is 34.3 Å². The second-order valence-corrected chi connectivity index (χ2v) is 6.65. The molecule has 0 saturated heterocycles. The number of rotatable bonds is 4. The normalized spacial score (nSPS) is 18.2. The summed E-state index contributed by atoms with van der Waals surface area (Å²) in [5, 5.41) is 9.14. The Morgan fingerprint density at radius 1 is 1.33 bits per heavy atom. The number of nitrogens with zero attached hydrogens (tertiary/aromatic N) is 1. The molecular weight excluding hydrogens is 334 g/mol. The Kier molecular flexibility index (Phi) is 4.71. The van der Waals surface area contributed by atoms with Crippen LogP contribution in [0.3, 0.4) is 0 Å². The van der Waals surface area contributed by atoms with E-state index in [1.165, 1.54) is 4.90 Å². The van der Waals surface area contributed by atoms with E-state index in [0.29, 0.717) is 0 Å². The Morgan fingerprint density at radius 3 is 2.48 bits per heavy atom. The molecule has 1 aliphatic rings. The predicted molar refractivity (Wildman–Crippen MR) is 84.2 cm³/mol. The third kappa shape index (κ3) is 2.98. The largest absolute Gasteiger partial charge is 0.480 e. The molecule has 1 atom stereocenters. The molecule has 1 N–H and O–H groups in total. The van der Waals surface area contributed by atoms with Gasteiger partial charge in [-0.2, -0.15) is 0 Å². The maximum atomic E-state index is 13.0. The van der Waals surface area contributed by atoms with Gasteiger partial charge in [0.1, 0.15) is 6.04 Å². The third-order valence-corrected chi connectivity index (χ3v) is 5.00. The number of benzene rings is 1. The van der Waals surface area contributed by atoms with Gasteiger partial charge in [-0.3, -0.25) is 4.79 Å². The highest BCUT2D eigenvalue weighted by molar-refractivity contribution is 9.10. The molecule has 1 aromatic rings. The number of hydrogen-bond acceptors (Lipinski definition) is 2. The van der Waals surface area contributed by atoms with Crippen molar-refractivity contribution in [2.24, 2.45) is 0 Å². The molecule has 0 heterocycles. The number of aliphatic carboxylic acids is 1. The van der Waals surface area contributed by atoms with Crippen molar-refractivity contribution in [3.8, 4) is 0 Å². The van der Waals surface area contributed by atoms with Crippen LogP contribution in [0.25, 0.3) is 0 Å². The summed E-state index contributed by atoms with van der Waals surface area (Å²) in [4.78, 5) is 25.5. The van der Waals surface area contributed by atoms with E-state index in [9.17, 15) is 9.59 Å². The van der Waals surface area contributed by atoms with Crippen molar-refractivity contribution in [2.45, 2.75) is 44.1 Å². The fraction of sp³-hybridized carbons (Fsp3) is 0.500. The number of carbonyl (C=O) groups excluding carboxylic acids is 1. The minimum atomic E-state index is -0.978. The predicted octanol–water partition coefficient (Wildman–Crippen LogP) is 3.19. The summed E-state index contributed by atoms with van der Waals surface area (Å²) in [5.41, 5.74) is 0.395. The van der Waals surface area contributed by atoms with Crippen molar-refractivity contribution in [1.29, 1.82) is 0 Å². The first-order chi connectivity index (χ1) is 9.88. The number of carboxylic acid groups (broad SMARTS) is 1. The van der Waals surface area contributed by atoms with Gasteiger partial charge in [0.05, 0.1) is 5.41 Å². The summed E-state index contributed by atoms with van der Waals surface area (Å²) in [7, 11) is 1.58. The van der Waals surface area contributed by atoms with Gasteiger partial charge in [-0.1, -0.05) is 40.9 Å². The molecule has 0 bridgehead atoms. The summed E-state index contributed by atoms with van der Waals surface area (Å²) in [6.07, 6.45) is 3.54. The Morgan fingerprint density at radius 2 is 1.95 bits per heavy atom. The lowest BCUT2D eigenvalue weighted by atomic mass is 9.77. The maximum absolute atomic E-state index is 13.0. The van der Waals surface area contributed by atoms with E-state index in [0.717, 1.165) is 35.7 Å². The molecule has 21 heavy (non-hydrogen) atoms. The van der Waals surface area contributed by atoms with Crippen molar-refractivity contribution in [2.75, 3.05) is 7.05 Å². The summed E-state index contributed by atoms with van der Waals surface area (Å²) in [6, 6.07) is 6.98. The molecule has 0 spiro atoms. The molecular formula is C16H20BrNO3. The SMILES string of the molecule is CC(C(=O)O)N(C)C(=O)C1(c2cccc(Br)c2)CCCC1. The lowest BCUT2D eigenvalue weighted by molar-refractivity contribution is -0.150. The smallest absolute Gasteiger partial charge is 0.326 e. The maximum Gasteiger partial charge on any atom is 0.326 e. The van der Waals surface area contributed by atoms with Crippen LogP contribution in [0, 0.1) is 0 Å². The van der Waals surface area contributed by atoms with Crippen LogP contribution in [0.5, 0.6) is 0 Å². The van der Waals surface area contributed by atoms with Crippen LogP contribution >= 0.6 is 15.9 Å². The van der Waals surface area contributed by atoms with E-state index < -0.39 is 17.4 Å². The molecule has 1 unspecified atom stereocenters. The van der Waals surface area contributed by atoms with Crippen molar-refractivity contribution in [1.82, 2.24) is 4.90 Å². The van der Waals surface area contributed by atoms with E-state index in [1.807, 2.05) is 24.3 Å². The van der Waals surface area contributed by atoms with E-state index in [-0.39, 0.29) is 5.91 Å². The van der Waals surface area contributed by atoms with Crippen LogP contribution in [-0.4, -0.2) is 35.0 Å². The lowest BCUT2D eigenvalue weighted by Crippen LogP contribution is -2.49. The topological polar surface area (TPSA) is 57.6 Å². The Labute approximate surface area is 133 Å². The fourth-order valence-corrected chi connectivity index (χ4v) is 3.47. The summed E-state index contributed by atoms with van der Waals surface area (Å²) in [5.74, 6) is -1.07. The van der Waals surface area contributed by atoms with Crippen LogP contribution in [0.2, 0.25) is 0 Å². The average molecular weight is 354 g/mol. The average Bonchev–Trinajstić information content (AvgIpc) is 2.95. The van der Waals surface area contributed by atoms with E-state index in [1.54, 1.807) is 14.0 Å². The quantitative estimate of drug-likeness (QED) is 0.904. The Bertz CT molecular complexity index is 552. The molecule has 114 valence electrons. The number of carbonyl (C=O) groups is 2. The molecule has 0 radical (unpaired) electrons. The molecule has 1 aromatic carbocycles. The minimum Gasteiger partial charge on any atom is -0.480 e. The zero-order valence-electron chi connectivity index (χ0n) is 12.3. The molecule has 0 aromatic heterocycles. The first-order valence-corrected chi connectivity index (χ1v) is 7.94. The van der Waals surface area contributed by atoms with Crippen molar-refractivity contribution < 1.29 is 14.7 Å². The van der Waals surface area contributed by atoms with Gasteiger partial charge in [-0.05, 0) is 37.5 Å². The van der Waals surface area contributed by atoms with Crippen LogP contribution in [0.1, 0.15) is 38.2 Å².